The molecular formula is C22H25F3N2O5S. The van der Waals surface area contributed by atoms with E-state index in [0.29, 0.717) is 11.3 Å². The molecule has 1 saturated heterocycles. The fourth-order valence-electron chi connectivity index (χ4n) is 3.82. The summed E-state index contributed by atoms with van der Waals surface area (Å²) in [5.41, 5.74) is -0.903. The summed E-state index contributed by atoms with van der Waals surface area (Å²) < 4.78 is 68.2. The van der Waals surface area contributed by atoms with E-state index in [2.05, 4.69) is 4.74 Å². The first kappa shape index (κ1) is 25.0. The van der Waals surface area contributed by atoms with Gasteiger partial charge in [-0.05, 0) is 62.6 Å². The van der Waals surface area contributed by atoms with Crippen molar-refractivity contribution in [3.8, 4) is 5.75 Å². The molecule has 2 aromatic carbocycles. The number of hydrogen-bond acceptors (Lipinski definition) is 5. The Kier molecular flexibility index (Phi) is 7.06. The number of halogens is 3. The number of carbonyl (C=O) groups excluding carboxylic acids is 1. The van der Waals surface area contributed by atoms with E-state index >= 15 is 0 Å². The van der Waals surface area contributed by atoms with Crippen molar-refractivity contribution in [2.45, 2.75) is 43.5 Å². The molecule has 33 heavy (non-hydrogen) atoms. The van der Waals surface area contributed by atoms with Crippen LogP contribution in [0.1, 0.15) is 25.3 Å². The van der Waals surface area contributed by atoms with Crippen molar-refractivity contribution in [2.75, 3.05) is 24.5 Å². The van der Waals surface area contributed by atoms with Crippen LogP contribution in [0.3, 0.4) is 0 Å². The summed E-state index contributed by atoms with van der Waals surface area (Å²) in [6.07, 6.45) is -5.05. The molecule has 0 aromatic heterocycles. The third-order valence-corrected chi connectivity index (χ3v) is 7.66. The highest BCUT2D eigenvalue weighted by Gasteiger charge is 2.44. The van der Waals surface area contributed by atoms with Gasteiger partial charge < -0.3 is 14.7 Å². The molecule has 0 spiro atoms. The number of ether oxygens (including phenoxy) is 1. The molecule has 1 amide bonds. The fourth-order valence-corrected chi connectivity index (χ4v) is 5.48. The summed E-state index contributed by atoms with van der Waals surface area (Å²) in [6.45, 7) is 3.43. The number of rotatable bonds is 6. The maximum atomic E-state index is 13.1. The maximum Gasteiger partial charge on any atom is 0.573 e. The van der Waals surface area contributed by atoms with Gasteiger partial charge in [0.15, 0.2) is 0 Å². The molecule has 7 nitrogen and oxygen atoms in total. The normalized spacial score (nSPS) is 16.9. The number of hydrogen-bond donors (Lipinski definition) is 1. The smallest absolute Gasteiger partial charge is 0.406 e. The van der Waals surface area contributed by atoms with Crippen LogP contribution in [0.15, 0.2) is 53.4 Å². The molecular weight excluding hydrogens is 461 g/mol. The Morgan fingerprint density at radius 1 is 1.12 bits per heavy atom. The van der Waals surface area contributed by atoms with Crippen molar-refractivity contribution in [1.29, 1.82) is 0 Å². The molecule has 11 heteroatoms. The predicted octanol–water partition coefficient (Wildman–Crippen LogP) is 3.46. The third-order valence-electron chi connectivity index (χ3n) is 5.60. The Bertz CT molecular complexity index is 1100. The van der Waals surface area contributed by atoms with Gasteiger partial charge in [0, 0.05) is 25.3 Å². The zero-order chi connectivity index (χ0) is 24.4. The minimum Gasteiger partial charge on any atom is -0.406 e. The van der Waals surface area contributed by atoms with Crippen LogP contribution >= 0.6 is 0 Å². The first-order chi connectivity index (χ1) is 15.4. The highest BCUT2D eigenvalue weighted by Crippen LogP contribution is 2.32. The number of sulfonamides is 1. The molecule has 0 bridgehead atoms. The summed E-state index contributed by atoms with van der Waals surface area (Å²) in [7, 11) is -3.77. The lowest BCUT2D eigenvalue weighted by Crippen LogP contribution is -2.56. The second-order valence-corrected chi connectivity index (χ2v) is 9.70. The average molecular weight is 487 g/mol. The Morgan fingerprint density at radius 2 is 1.70 bits per heavy atom. The van der Waals surface area contributed by atoms with E-state index in [9.17, 15) is 31.5 Å². The van der Waals surface area contributed by atoms with Gasteiger partial charge in [0.25, 0.3) is 5.91 Å². The fraction of sp³-hybridized carbons (Fsp3) is 0.409. The number of piperidine rings is 1. The first-order valence-electron chi connectivity index (χ1n) is 10.3. The van der Waals surface area contributed by atoms with Crippen LogP contribution in [-0.2, 0) is 14.8 Å². The van der Waals surface area contributed by atoms with Crippen LogP contribution in [0.2, 0.25) is 0 Å². The summed E-state index contributed by atoms with van der Waals surface area (Å²) in [6, 6.07) is 11.3. The molecule has 1 heterocycles. The molecule has 0 radical (unpaired) electrons. The van der Waals surface area contributed by atoms with E-state index < -0.39 is 33.6 Å². The monoisotopic (exact) mass is 486 g/mol. The number of carbonyl (C=O) groups is 1. The van der Waals surface area contributed by atoms with Crippen LogP contribution in [0, 0.1) is 6.92 Å². The van der Waals surface area contributed by atoms with Gasteiger partial charge in [-0.15, -0.1) is 13.2 Å². The minimum absolute atomic E-state index is 0.0468. The van der Waals surface area contributed by atoms with Gasteiger partial charge in [0.2, 0.25) is 10.0 Å². The van der Waals surface area contributed by atoms with Crippen LogP contribution < -0.4 is 9.64 Å². The predicted molar refractivity (Wildman–Crippen MR) is 115 cm³/mol. The zero-order valence-corrected chi connectivity index (χ0v) is 19.0. The summed E-state index contributed by atoms with van der Waals surface area (Å²) >= 11 is 0. The van der Waals surface area contributed by atoms with Crippen molar-refractivity contribution in [1.82, 2.24) is 4.31 Å². The molecule has 0 saturated carbocycles. The molecule has 180 valence electrons. The van der Waals surface area contributed by atoms with E-state index in [0.717, 1.165) is 12.1 Å². The molecule has 0 aliphatic carbocycles. The number of alkyl halides is 3. The van der Waals surface area contributed by atoms with Crippen molar-refractivity contribution < 1.29 is 36.2 Å². The second-order valence-electron chi connectivity index (χ2n) is 7.79. The van der Waals surface area contributed by atoms with Gasteiger partial charge in [-0.2, -0.15) is 4.31 Å². The highest BCUT2D eigenvalue weighted by molar-refractivity contribution is 7.89. The molecule has 0 unspecified atom stereocenters. The van der Waals surface area contributed by atoms with Gasteiger partial charge in [-0.3, -0.25) is 4.79 Å². The highest BCUT2D eigenvalue weighted by atomic mass is 32.2. The van der Waals surface area contributed by atoms with Crippen LogP contribution in [-0.4, -0.2) is 55.3 Å². The Balaban J connectivity index is 1.73. The number of benzene rings is 2. The lowest BCUT2D eigenvalue weighted by molar-refractivity contribution is -0.274. The number of likely N-dealkylation sites (N-methyl/N-ethyl adjacent to an activating group) is 1. The molecule has 1 aliphatic heterocycles. The zero-order valence-electron chi connectivity index (χ0n) is 18.2. The van der Waals surface area contributed by atoms with E-state index in [1.54, 1.807) is 32.0 Å². The van der Waals surface area contributed by atoms with E-state index in [1.807, 2.05) is 0 Å². The Hall–Kier alpha value is -2.63. The molecule has 3 rings (SSSR count). The lowest BCUT2D eigenvalue weighted by Gasteiger charge is -2.39. The largest absolute Gasteiger partial charge is 0.573 e. The third kappa shape index (κ3) is 5.48. The van der Waals surface area contributed by atoms with Gasteiger partial charge in [0.05, 0.1) is 4.90 Å². The van der Waals surface area contributed by atoms with Crippen molar-refractivity contribution in [3.05, 3.63) is 54.1 Å². The Morgan fingerprint density at radius 3 is 2.21 bits per heavy atom. The molecule has 0 atom stereocenters. The minimum atomic E-state index is -4.83. The van der Waals surface area contributed by atoms with Gasteiger partial charge in [0.1, 0.15) is 11.4 Å². The lowest BCUT2D eigenvalue weighted by atomic mass is 9.90. The van der Waals surface area contributed by atoms with Gasteiger partial charge >= 0.3 is 6.36 Å². The SMILES string of the molecule is CCN(C(=O)C1(O)CCN(S(=O)(=O)c2ccccc2C)CC1)c1ccc(OC(F)(F)F)cc1. The first-order valence-corrected chi connectivity index (χ1v) is 11.8. The molecule has 1 aliphatic rings. The second kappa shape index (κ2) is 9.32. The number of nitrogens with zero attached hydrogens (tertiary/aromatic N) is 2. The van der Waals surface area contributed by atoms with Gasteiger partial charge in [-0.25, -0.2) is 8.42 Å². The van der Waals surface area contributed by atoms with Crippen LogP contribution in [0.5, 0.6) is 5.75 Å². The standard InChI is InChI=1S/C22H25F3N2O5S/c1-3-27(17-8-10-18(11-9-17)32-22(23,24)25)20(28)21(29)12-14-26(15-13-21)33(30,31)19-7-5-4-6-16(19)2/h4-11,29H,3,12-15H2,1-2H3. The number of anilines is 1. The number of amides is 1. The van der Waals surface area contributed by atoms with E-state index in [1.165, 1.54) is 27.4 Å². The van der Waals surface area contributed by atoms with Crippen molar-refractivity contribution in [2.24, 2.45) is 0 Å². The van der Waals surface area contributed by atoms with Crippen molar-refractivity contribution in [3.63, 3.8) is 0 Å². The summed E-state index contributed by atoms with van der Waals surface area (Å²) in [5, 5.41) is 11.0. The number of aryl methyl sites for hydroxylation is 1. The van der Waals surface area contributed by atoms with Gasteiger partial charge in [-0.1, -0.05) is 18.2 Å². The summed E-state index contributed by atoms with van der Waals surface area (Å²) in [4.78, 5) is 14.6. The van der Waals surface area contributed by atoms with Crippen LogP contribution in [0.25, 0.3) is 0 Å². The molecule has 1 fully saturated rings. The topological polar surface area (TPSA) is 87.2 Å². The van der Waals surface area contributed by atoms with Crippen molar-refractivity contribution >= 4 is 21.6 Å². The van der Waals surface area contributed by atoms with E-state index in [-0.39, 0.29) is 37.4 Å². The number of aliphatic hydroxyl groups is 1. The quantitative estimate of drug-likeness (QED) is 0.676. The molecule has 1 N–H and O–H groups in total. The van der Waals surface area contributed by atoms with Crippen LogP contribution in [0.4, 0.5) is 18.9 Å². The average Bonchev–Trinajstić information content (AvgIpc) is 2.75. The molecule has 2 aromatic rings. The maximum absolute atomic E-state index is 13.1. The Labute approximate surface area is 190 Å². The van der Waals surface area contributed by atoms with E-state index in [4.69, 9.17) is 0 Å². The summed E-state index contributed by atoms with van der Waals surface area (Å²) in [5.74, 6) is -1.06.